The van der Waals surface area contributed by atoms with Crippen LogP contribution < -0.4 is 5.56 Å². The lowest BCUT2D eigenvalue weighted by atomic mass is 10.1. The number of hydrogen-bond donors (Lipinski definition) is 1. The molecule has 6 nitrogen and oxygen atoms in total. The van der Waals surface area contributed by atoms with Gasteiger partial charge in [-0.15, -0.1) is 0 Å². The zero-order chi connectivity index (χ0) is 16.6. The number of H-pyrrole nitrogens is 1. The van der Waals surface area contributed by atoms with Crippen molar-refractivity contribution in [1.29, 1.82) is 0 Å². The molecule has 0 bridgehead atoms. The van der Waals surface area contributed by atoms with Gasteiger partial charge in [0, 0.05) is 49.8 Å². The average molecular weight is 315 g/mol. The van der Waals surface area contributed by atoms with E-state index in [1.807, 2.05) is 24.7 Å². The van der Waals surface area contributed by atoms with Gasteiger partial charge >= 0.3 is 0 Å². The lowest BCUT2D eigenvalue weighted by Gasteiger charge is -2.27. The second-order valence-corrected chi connectivity index (χ2v) is 6.91. The molecule has 1 aliphatic rings. The zero-order valence-electron chi connectivity index (χ0n) is 14.3. The molecule has 0 saturated heterocycles. The van der Waals surface area contributed by atoms with Crippen molar-refractivity contribution in [3.63, 3.8) is 0 Å². The van der Waals surface area contributed by atoms with Crippen molar-refractivity contribution >= 4 is 0 Å². The highest BCUT2D eigenvalue weighted by Gasteiger charge is 2.22. The van der Waals surface area contributed by atoms with Gasteiger partial charge in [0.2, 0.25) is 0 Å². The van der Waals surface area contributed by atoms with Crippen molar-refractivity contribution < 1.29 is 0 Å². The van der Waals surface area contributed by atoms with E-state index in [0.717, 1.165) is 36.6 Å². The summed E-state index contributed by atoms with van der Waals surface area (Å²) in [6.45, 7) is 10.7. The predicted molar refractivity (Wildman–Crippen MR) is 89.4 cm³/mol. The standard InChI is InChI=1S/C17H25N5O/c1-11(2)16-19-15-5-6-21(10-14(15)17(23)20-16)8-13-7-18-22(9-13)12(3)4/h7,9,11-12H,5-6,8,10H2,1-4H3,(H,19,20,23). The molecular formula is C17H25N5O. The Bertz CT molecular complexity index is 744. The van der Waals surface area contributed by atoms with Crippen LogP contribution >= 0.6 is 0 Å². The first-order valence-electron chi connectivity index (χ1n) is 8.31. The van der Waals surface area contributed by atoms with Gasteiger partial charge in [0.1, 0.15) is 5.82 Å². The van der Waals surface area contributed by atoms with Crippen LogP contribution in [0.2, 0.25) is 0 Å². The summed E-state index contributed by atoms with van der Waals surface area (Å²) in [6.07, 6.45) is 4.83. The van der Waals surface area contributed by atoms with E-state index in [1.54, 1.807) is 0 Å². The van der Waals surface area contributed by atoms with Crippen LogP contribution in [-0.4, -0.2) is 31.2 Å². The summed E-state index contributed by atoms with van der Waals surface area (Å²) in [4.78, 5) is 22.2. The summed E-state index contributed by atoms with van der Waals surface area (Å²) >= 11 is 0. The summed E-state index contributed by atoms with van der Waals surface area (Å²) in [5.74, 6) is 1.04. The molecule has 1 N–H and O–H groups in total. The monoisotopic (exact) mass is 315 g/mol. The Labute approximate surface area is 136 Å². The molecule has 0 saturated carbocycles. The molecule has 2 aromatic rings. The lowest BCUT2D eigenvalue weighted by molar-refractivity contribution is 0.241. The maximum atomic E-state index is 12.3. The first kappa shape index (κ1) is 15.9. The maximum Gasteiger partial charge on any atom is 0.255 e. The Kier molecular flexibility index (Phi) is 4.35. The first-order chi connectivity index (χ1) is 10.9. The molecule has 3 rings (SSSR count). The van der Waals surface area contributed by atoms with Crippen molar-refractivity contribution in [2.75, 3.05) is 6.54 Å². The van der Waals surface area contributed by atoms with Crippen LogP contribution in [0, 0.1) is 0 Å². The molecule has 0 amide bonds. The Morgan fingerprint density at radius 2 is 2.09 bits per heavy atom. The minimum Gasteiger partial charge on any atom is -0.310 e. The Morgan fingerprint density at radius 1 is 1.30 bits per heavy atom. The van der Waals surface area contributed by atoms with Gasteiger partial charge in [-0.1, -0.05) is 13.8 Å². The van der Waals surface area contributed by atoms with Crippen LogP contribution in [0.15, 0.2) is 17.2 Å². The van der Waals surface area contributed by atoms with E-state index in [-0.39, 0.29) is 11.5 Å². The summed E-state index contributed by atoms with van der Waals surface area (Å²) in [5.41, 5.74) is 2.98. The van der Waals surface area contributed by atoms with Crippen LogP contribution in [0.5, 0.6) is 0 Å². The third-order valence-electron chi connectivity index (χ3n) is 4.30. The molecular weight excluding hydrogens is 290 g/mol. The van der Waals surface area contributed by atoms with Crippen molar-refractivity contribution in [2.45, 2.75) is 59.2 Å². The molecule has 0 aromatic carbocycles. The molecule has 6 heteroatoms. The smallest absolute Gasteiger partial charge is 0.255 e. The van der Waals surface area contributed by atoms with E-state index in [9.17, 15) is 4.79 Å². The van der Waals surface area contributed by atoms with Gasteiger partial charge in [0.25, 0.3) is 5.56 Å². The van der Waals surface area contributed by atoms with Crippen molar-refractivity contribution in [1.82, 2.24) is 24.6 Å². The normalized spacial score (nSPS) is 15.4. The molecule has 0 spiro atoms. The van der Waals surface area contributed by atoms with Gasteiger partial charge < -0.3 is 4.98 Å². The number of fused-ring (bicyclic) bond motifs is 1. The molecule has 2 aromatic heterocycles. The van der Waals surface area contributed by atoms with Crippen LogP contribution in [0.25, 0.3) is 0 Å². The third-order valence-corrected chi connectivity index (χ3v) is 4.30. The minimum atomic E-state index is 0.0151. The van der Waals surface area contributed by atoms with Gasteiger partial charge in [0.15, 0.2) is 0 Å². The van der Waals surface area contributed by atoms with Gasteiger partial charge in [-0.05, 0) is 13.8 Å². The second-order valence-electron chi connectivity index (χ2n) is 6.91. The summed E-state index contributed by atoms with van der Waals surface area (Å²) in [5, 5.41) is 4.38. The zero-order valence-corrected chi connectivity index (χ0v) is 14.3. The highest BCUT2D eigenvalue weighted by molar-refractivity contribution is 5.22. The quantitative estimate of drug-likeness (QED) is 0.939. The Morgan fingerprint density at radius 3 is 2.74 bits per heavy atom. The maximum absolute atomic E-state index is 12.3. The number of aromatic nitrogens is 4. The molecule has 124 valence electrons. The molecule has 1 aliphatic heterocycles. The van der Waals surface area contributed by atoms with E-state index < -0.39 is 0 Å². The van der Waals surface area contributed by atoms with E-state index in [1.165, 1.54) is 5.56 Å². The van der Waals surface area contributed by atoms with Gasteiger partial charge in [-0.2, -0.15) is 5.10 Å². The number of aromatic amines is 1. The molecule has 23 heavy (non-hydrogen) atoms. The molecule has 0 fully saturated rings. The van der Waals surface area contributed by atoms with Crippen LogP contribution in [0.1, 0.15) is 62.3 Å². The molecule has 0 aliphatic carbocycles. The fraction of sp³-hybridized carbons (Fsp3) is 0.588. The summed E-state index contributed by atoms with van der Waals surface area (Å²) in [6, 6.07) is 0.368. The fourth-order valence-electron chi connectivity index (χ4n) is 2.91. The average Bonchev–Trinajstić information content (AvgIpc) is 2.96. The topological polar surface area (TPSA) is 66.8 Å². The van der Waals surface area contributed by atoms with E-state index in [2.05, 4.69) is 40.0 Å². The SMILES string of the molecule is CC(C)c1nc2c(c(=O)[nH]1)CN(Cc1cnn(C(C)C)c1)CC2. The molecule has 3 heterocycles. The number of hydrogen-bond acceptors (Lipinski definition) is 4. The highest BCUT2D eigenvalue weighted by Crippen LogP contribution is 2.18. The van der Waals surface area contributed by atoms with Gasteiger partial charge in [-0.25, -0.2) is 4.98 Å². The van der Waals surface area contributed by atoms with Crippen LogP contribution in [-0.2, 0) is 19.5 Å². The van der Waals surface area contributed by atoms with E-state index in [0.29, 0.717) is 12.6 Å². The number of rotatable bonds is 4. The lowest BCUT2D eigenvalue weighted by Crippen LogP contribution is -2.35. The minimum absolute atomic E-state index is 0.0151. The Balaban J connectivity index is 1.76. The Hall–Kier alpha value is -1.95. The third kappa shape index (κ3) is 3.37. The van der Waals surface area contributed by atoms with Crippen molar-refractivity contribution in [2.24, 2.45) is 0 Å². The highest BCUT2D eigenvalue weighted by atomic mass is 16.1. The predicted octanol–water partition coefficient (Wildman–Crippen LogP) is 2.23. The van der Waals surface area contributed by atoms with E-state index in [4.69, 9.17) is 0 Å². The summed E-state index contributed by atoms with van der Waals surface area (Å²) in [7, 11) is 0. The van der Waals surface area contributed by atoms with Crippen molar-refractivity contribution in [3.05, 3.63) is 45.4 Å². The van der Waals surface area contributed by atoms with Gasteiger partial charge in [0.05, 0.1) is 17.5 Å². The molecule has 0 unspecified atom stereocenters. The second kappa shape index (κ2) is 6.28. The van der Waals surface area contributed by atoms with Gasteiger partial charge in [-0.3, -0.25) is 14.4 Å². The van der Waals surface area contributed by atoms with Crippen LogP contribution in [0.4, 0.5) is 0 Å². The first-order valence-corrected chi connectivity index (χ1v) is 8.31. The van der Waals surface area contributed by atoms with Crippen molar-refractivity contribution in [3.8, 4) is 0 Å². The van der Waals surface area contributed by atoms with Crippen LogP contribution in [0.3, 0.4) is 0 Å². The fourth-order valence-corrected chi connectivity index (χ4v) is 2.91. The molecule has 0 atom stereocenters. The summed E-state index contributed by atoms with van der Waals surface area (Å²) < 4.78 is 1.97. The largest absolute Gasteiger partial charge is 0.310 e. The molecule has 0 radical (unpaired) electrons. The number of nitrogens with zero attached hydrogens (tertiary/aromatic N) is 4. The van der Waals surface area contributed by atoms with E-state index >= 15 is 0 Å². The number of nitrogens with one attached hydrogen (secondary N) is 1.